The van der Waals surface area contributed by atoms with E-state index in [2.05, 4.69) is 6.07 Å². The fourth-order valence-electron chi connectivity index (χ4n) is 1.62. The summed E-state index contributed by atoms with van der Waals surface area (Å²) in [6.07, 6.45) is 1.05. The summed E-state index contributed by atoms with van der Waals surface area (Å²) in [6.45, 7) is 8.44. The standard InChI is InChI=1S/C12H23N3O/c1-9(2)8-11(14)12(16)15(10(3)4)7-5-6-13/h9-11H,5,7-8,14H2,1-4H3/t11-/m1/s1. The van der Waals surface area contributed by atoms with Gasteiger partial charge in [0.1, 0.15) is 0 Å². The van der Waals surface area contributed by atoms with Crippen molar-refractivity contribution < 1.29 is 4.79 Å². The second-order valence-corrected chi connectivity index (χ2v) is 4.77. The Morgan fingerprint density at radius 3 is 2.31 bits per heavy atom. The molecule has 0 aliphatic rings. The van der Waals surface area contributed by atoms with Crippen LogP contribution in [0.1, 0.15) is 40.5 Å². The minimum absolute atomic E-state index is 0.0426. The lowest BCUT2D eigenvalue weighted by Crippen LogP contribution is -2.47. The Hall–Kier alpha value is -1.08. The Bertz CT molecular complexity index is 255. The molecule has 92 valence electrons. The van der Waals surface area contributed by atoms with E-state index in [0.717, 1.165) is 0 Å². The molecule has 1 atom stereocenters. The SMILES string of the molecule is CC(C)C[C@@H](N)C(=O)N(CCC#N)C(C)C. The number of hydrogen-bond donors (Lipinski definition) is 1. The van der Waals surface area contributed by atoms with Crippen LogP contribution in [0.25, 0.3) is 0 Å². The fraction of sp³-hybridized carbons (Fsp3) is 0.833. The van der Waals surface area contributed by atoms with Gasteiger partial charge < -0.3 is 10.6 Å². The fourth-order valence-corrected chi connectivity index (χ4v) is 1.62. The molecule has 2 N–H and O–H groups in total. The molecule has 0 aliphatic carbocycles. The first-order chi connectivity index (χ1) is 7.40. The lowest BCUT2D eigenvalue weighted by atomic mass is 10.0. The Balaban J connectivity index is 4.43. The normalized spacial score (nSPS) is 12.6. The van der Waals surface area contributed by atoms with E-state index in [-0.39, 0.29) is 11.9 Å². The second kappa shape index (κ2) is 7.24. The number of carbonyl (C=O) groups excluding carboxylic acids is 1. The highest BCUT2D eigenvalue weighted by Crippen LogP contribution is 2.08. The van der Waals surface area contributed by atoms with Crippen LogP contribution in [0.2, 0.25) is 0 Å². The van der Waals surface area contributed by atoms with Crippen molar-refractivity contribution in [3.05, 3.63) is 0 Å². The van der Waals surface area contributed by atoms with Gasteiger partial charge in [-0.05, 0) is 26.2 Å². The van der Waals surface area contributed by atoms with E-state index in [1.165, 1.54) is 0 Å². The highest BCUT2D eigenvalue weighted by Gasteiger charge is 2.23. The summed E-state index contributed by atoms with van der Waals surface area (Å²) in [5.74, 6) is 0.364. The summed E-state index contributed by atoms with van der Waals surface area (Å²) in [5, 5.41) is 8.54. The van der Waals surface area contributed by atoms with Gasteiger partial charge in [-0.25, -0.2) is 0 Å². The Kier molecular flexibility index (Phi) is 6.75. The topological polar surface area (TPSA) is 70.1 Å². The van der Waals surface area contributed by atoms with Crippen LogP contribution in [-0.4, -0.2) is 29.4 Å². The molecule has 0 saturated carbocycles. The van der Waals surface area contributed by atoms with Crippen LogP contribution >= 0.6 is 0 Å². The summed E-state index contributed by atoms with van der Waals surface area (Å²) >= 11 is 0. The maximum atomic E-state index is 12.0. The average Bonchev–Trinajstić information content (AvgIpc) is 2.16. The molecular weight excluding hydrogens is 202 g/mol. The summed E-state index contributed by atoms with van der Waals surface area (Å²) in [4.78, 5) is 13.7. The van der Waals surface area contributed by atoms with Crippen LogP contribution in [0.5, 0.6) is 0 Å². The first kappa shape index (κ1) is 14.9. The zero-order valence-electron chi connectivity index (χ0n) is 10.7. The lowest BCUT2D eigenvalue weighted by molar-refractivity contribution is -0.134. The first-order valence-electron chi connectivity index (χ1n) is 5.83. The quantitative estimate of drug-likeness (QED) is 0.745. The highest BCUT2D eigenvalue weighted by molar-refractivity contribution is 5.81. The molecule has 0 aromatic heterocycles. The molecule has 0 bridgehead atoms. The molecule has 0 radical (unpaired) electrons. The molecule has 0 saturated heterocycles. The van der Waals surface area contributed by atoms with Crippen molar-refractivity contribution in [2.24, 2.45) is 11.7 Å². The Labute approximate surface area is 98.4 Å². The molecule has 16 heavy (non-hydrogen) atoms. The molecule has 0 fully saturated rings. The molecule has 0 unspecified atom stereocenters. The molecule has 0 aliphatic heterocycles. The average molecular weight is 225 g/mol. The predicted octanol–water partition coefficient (Wildman–Crippen LogP) is 1.51. The molecule has 1 amide bonds. The van der Waals surface area contributed by atoms with Crippen molar-refractivity contribution in [1.82, 2.24) is 4.90 Å². The van der Waals surface area contributed by atoms with Gasteiger partial charge in [-0.2, -0.15) is 5.26 Å². The van der Waals surface area contributed by atoms with E-state index in [1.807, 2.05) is 27.7 Å². The number of nitriles is 1. The van der Waals surface area contributed by atoms with Gasteiger partial charge >= 0.3 is 0 Å². The summed E-state index contributed by atoms with van der Waals surface area (Å²) in [5.41, 5.74) is 5.85. The van der Waals surface area contributed by atoms with Crippen LogP contribution in [0.15, 0.2) is 0 Å². The molecule has 4 heteroatoms. The van der Waals surface area contributed by atoms with Gasteiger partial charge in [0, 0.05) is 12.6 Å². The third-order valence-electron chi connectivity index (χ3n) is 2.41. The number of amides is 1. The van der Waals surface area contributed by atoms with E-state index in [4.69, 9.17) is 11.0 Å². The molecule has 4 nitrogen and oxygen atoms in total. The molecule has 0 aromatic rings. The van der Waals surface area contributed by atoms with E-state index in [1.54, 1.807) is 4.90 Å². The monoisotopic (exact) mass is 225 g/mol. The van der Waals surface area contributed by atoms with Gasteiger partial charge in [-0.3, -0.25) is 4.79 Å². The first-order valence-corrected chi connectivity index (χ1v) is 5.83. The summed E-state index contributed by atoms with van der Waals surface area (Å²) < 4.78 is 0. The van der Waals surface area contributed by atoms with Crippen molar-refractivity contribution in [2.45, 2.75) is 52.6 Å². The van der Waals surface area contributed by atoms with Crippen molar-refractivity contribution in [2.75, 3.05) is 6.54 Å². The second-order valence-electron chi connectivity index (χ2n) is 4.77. The number of hydrogen-bond acceptors (Lipinski definition) is 3. The van der Waals surface area contributed by atoms with Crippen LogP contribution in [0.4, 0.5) is 0 Å². The minimum atomic E-state index is -0.443. The van der Waals surface area contributed by atoms with Crippen molar-refractivity contribution >= 4 is 5.91 Å². The van der Waals surface area contributed by atoms with Crippen LogP contribution < -0.4 is 5.73 Å². The van der Waals surface area contributed by atoms with Gasteiger partial charge in [0.15, 0.2) is 0 Å². The number of nitrogens with zero attached hydrogens (tertiary/aromatic N) is 2. The van der Waals surface area contributed by atoms with E-state index in [9.17, 15) is 4.79 Å². The van der Waals surface area contributed by atoms with E-state index in [0.29, 0.717) is 25.3 Å². The van der Waals surface area contributed by atoms with Crippen molar-refractivity contribution in [3.8, 4) is 6.07 Å². The van der Waals surface area contributed by atoms with Crippen LogP contribution in [0.3, 0.4) is 0 Å². The van der Waals surface area contributed by atoms with Gasteiger partial charge in [0.05, 0.1) is 18.5 Å². The number of carbonyl (C=O) groups is 1. The summed E-state index contributed by atoms with van der Waals surface area (Å²) in [7, 11) is 0. The van der Waals surface area contributed by atoms with Crippen LogP contribution in [0, 0.1) is 17.2 Å². The van der Waals surface area contributed by atoms with Crippen molar-refractivity contribution in [3.63, 3.8) is 0 Å². The third kappa shape index (κ3) is 5.13. The zero-order valence-corrected chi connectivity index (χ0v) is 10.7. The van der Waals surface area contributed by atoms with Gasteiger partial charge in [-0.15, -0.1) is 0 Å². The Morgan fingerprint density at radius 1 is 1.38 bits per heavy atom. The third-order valence-corrected chi connectivity index (χ3v) is 2.41. The molecule has 0 spiro atoms. The largest absolute Gasteiger partial charge is 0.338 e. The predicted molar refractivity (Wildman–Crippen MR) is 64.5 cm³/mol. The van der Waals surface area contributed by atoms with Gasteiger partial charge in [-0.1, -0.05) is 13.8 Å². The molecule has 0 aromatic carbocycles. The van der Waals surface area contributed by atoms with E-state index < -0.39 is 6.04 Å². The highest BCUT2D eigenvalue weighted by atomic mass is 16.2. The number of rotatable bonds is 6. The number of nitrogens with two attached hydrogens (primary N) is 1. The zero-order chi connectivity index (χ0) is 12.7. The molecular formula is C12H23N3O. The smallest absolute Gasteiger partial charge is 0.239 e. The van der Waals surface area contributed by atoms with Gasteiger partial charge in [0.25, 0.3) is 0 Å². The summed E-state index contributed by atoms with van der Waals surface area (Å²) in [6, 6.07) is 1.71. The van der Waals surface area contributed by atoms with E-state index >= 15 is 0 Å². The molecule has 0 heterocycles. The minimum Gasteiger partial charge on any atom is -0.338 e. The van der Waals surface area contributed by atoms with Crippen LogP contribution in [-0.2, 0) is 4.79 Å². The maximum Gasteiger partial charge on any atom is 0.239 e. The van der Waals surface area contributed by atoms with Crippen molar-refractivity contribution in [1.29, 1.82) is 5.26 Å². The van der Waals surface area contributed by atoms with Gasteiger partial charge in [0.2, 0.25) is 5.91 Å². The lowest BCUT2D eigenvalue weighted by Gasteiger charge is -2.29. The molecule has 0 rings (SSSR count). The Morgan fingerprint density at radius 2 is 1.94 bits per heavy atom. The maximum absolute atomic E-state index is 12.0.